The summed E-state index contributed by atoms with van der Waals surface area (Å²) in [6, 6.07) is 21.2. The van der Waals surface area contributed by atoms with Crippen LogP contribution in [-0.4, -0.2) is 28.6 Å². The predicted molar refractivity (Wildman–Crippen MR) is 133 cm³/mol. The maximum atomic E-state index is 12.4. The molecular formula is C27H28ClN3O2. The van der Waals surface area contributed by atoms with Crippen LogP contribution < -0.4 is 10.1 Å². The zero-order valence-electron chi connectivity index (χ0n) is 19.0. The van der Waals surface area contributed by atoms with Crippen LogP contribution in [0.25, 0.3) is 11.0 Å². The third-order valence-corrected chi connectivity index (χ3v) is 6.03. The standard InChI is InChI=1S/C27H28ClN3O2/c1-19-8-5-13-25(20(19)2)33-17-7-16-31-24-12-4-3-11-23(24)30-26(31)14-15-29-27(32)21-9-6-10-22(28)18-21/h3-6,8-13,18H,7,14-17H2,1-2H3,(H,29,32). The van der Waals surface area contributed by atoms with Gasteiger partial charge in [0, 0.05) is 30.1 Å². The molecule has 170 valence electrons. The van der Waals surface area contributed by atoms with Crippen molar-refractivity contribution in [3.8, 4) is 5.75 Å². The number of nitrogens with zero attached hydrogens (tertiary/aromatic N) is 2. The molecule has 0 radical (unpaired) electrons. The Hall–Kier alpha value is -3.31. The van der Waals surface area contributed by atoms with E-state index in [-0.39, 0.29) is 5.91 Å². The number of carbonyl (C=O) groups excluding carboxylic acids is 1. The van der Waals surface area contributed by atoms with Crippen molar-refractivity contribution in [1.29, 1.82) is 0 Å². The highest BCUT2D eigenvalue weighted by Crippen LogP contribution is 2.21. The van der Waals surface area contributed by atoms with Gasteiger partial charge in [-0.25, -0.2) is 4.98 Å². The molecule has 3 aromatic carbocycles. The summed E-state index contributed by atoms with van der Waals surface area (Å²) in [5, 5.41) is 3.52. The first-order valence-electron chi connectivity index (χ1n) is 11.2. The van der Waals surface area contributed by atoms with Crippen molar-refractivity contribution in [3.05, 3.63) is 94.3 Å². The Morgan fingerprint density at radius 3 is 2.73 bits per heavy atom. The summed E-state index contributed by atoms with van der Waals surface area (Å²) in [7, 11) is 0. The number of nitrogens with one attached hydrogen (secondary N) is 1. The van der Waals surface area contributed by atoms with E-state index in [4.69, 9.17) is 21.3 Å². The van der Waals surface area contributed by atoms with Gasteiger partial charge in [0.25, 0.3) is 5.91 Å². The van der Waals surface area contributed by atoms with Crippen LogP contribution in [0.4, 0.5) is 0 Å². The highest BCUT2D eigenvalue weighted by atomic mass is 35.5. The minimum absolute atomic E-state index is 0.137. The first-order chi connectivity index (χ1) is 16.0. The third-order valence-electron chi connectivity index (χ3n) is 5.79. The van der Waals surface area contributed by atoms with Crippen LogP contribution in [0.5, 0.6) is 5.75 Å². The molecule has 0 fully saturated rings. The molecule has 0 spiro atoms. The SMILES string of the molecule is Cc1cccc(OCCCn2c(CCNC(=O)c3cccc(Cl)c3)nc3ccccc32)c1C. The molecule has 1 aromatic heterocycles. The summed E-state index contributed by atoms with van der Waals surface area (Å²) in [4.78, 5) is 17.2. The van der Waals surface area contributed by atoms with E-state index in [2.05, 4.69) is 35.9 Å². The second-order valence-corrected chi connectivity index (χ2v) is 8.52. The average Bonchev–Trinajstić information content (AvgIpc) is 3.16. The molecule has 0 unspecified atom stereocenters. The minimum Gasteiger partial charge on any atom is -0.493 e. The van der Waals surface area contributed by atoms with E-state index in [0.717, 1.165) is 35.6 Å². The smallest absolute Gasteiger partial charge is 0.251 e. The molecule has 5 nitrogen and oxygen atoms in total. The maximum absolute atomic E-state index is 12.4. The Bertz CT molecular complexity index is 1270. The summed E-state index contributed by atoms with van der Waals surface area (Å²) >= 11 is 6.00. The van der Waals surface area contributed by atoms with E-state index in [1.807, 2.05) is 30.3 Å². The molecule has 33 heavy (non-hydrogen) atoms. The highest BCUT2D eigenvalue weighted by molar-refractivity contribution is 6.30. The summed E-state index contributed by atoms with van der Waals surface area (Å²) in [5.74, 6) is 1.76. The summed E-state index contributed by atoms with van der Waals surface area (Å²) in [6.45, 7) is 6.10. The van der Waals surface area contributed by atoms with Gasteiger partial charge in [-0.1, -0.05) is 41.9 Å². The molecule has 0 bridgehead atoms. The molecule has 0 saturated heterocycles. The van der Waals surface area contributed by atoms with Gasteiger partial charge in [0.2, 0.25) is 0 Å². The summed E-state index contributed by atoms with van der Waals surface area (Å²) in [6.07, 6.45) is 1.49. The fourth-order valence-corrected chi connectivity index (χ4v) is 4.06. The first-order valence-corrected chi connectivity index (χ1v) is 11.6. The Morgan fingerprint density at radius 1 is 1.06 bits per heavy atom. The molecule has 1 heterocycles. The second-order valence-electron chi connectivity index (χ2n) is 8.08. The number of benzene rings is 3. The lowest BCUT2D eigenvalue weighted by Crippen LogP contribution is -2.26. The van der Waals surface area contributed by atoms with Crippen LogP contribution >= 0.6 is 11.6 Å². The number of fused-ring (bicyclic) bond motifs is 1. The highest BCUT2D eigenvalue weighted by Gasteiger charge is 2.12. The lowest BCUT2D eigenvalue weighted by molar-refractivity contribution is 0.0954. The topological polar surface area (TPSA) is 56.1 Å². The van der Waals surface area contributed by atoms with Crippen LogP contribution in [0.15, 0.2) is 66.7 Å². The number of hydrogen-bond acceptors (Lipinski definition) is 3. The number of aromatic nitrogens is 2. The fraction of sp³-hybridized carbons (Fsp3) is 0.259. The maximum Gasteiger partial charge on any atom is 0.251 e. The number of ether oxygens (including phenoxy) is 1. The zero-order chi connectivity index (χ0) is 23.2. The van der Waals surface area contributed by atoms with Crippen LogP contribution in [0.3, 0.4) is 0 Å². The van der Waals surface area contributed by atoms with Gasteiger partial charge < -0.3 is 14.6 Å². The Morgan fingerprint density at radius 2 is 1.88 bits per heavy atom. The number of amides is 1. The molecule has 6 heteroatoms. The summed E-state index contributed by atoms with van der Waals surface area (Å²) in [5.41, 5.74) is 5.03. The molecular weight excluding hydrogens is 434 g/mol. The van der Waals surface area contributed by atoms with Gasteiger partial charge in [-0.05, 0) is 67.8 Å². The van der Waals surface area contributed by atoms with E-state index >= 15 is 0 Å². The molecule has 4 rings (SSSR count). The van der Waals surface area contributed by atoms with Crippen LogP contribution in [0.2, 0.25) is 5.02 Å². The fourth-order valence-electron chi connectivity index (χ4n) is 3.87. The molecule has 1 N–H and O–H groups in total. The number of para-hydroxylation sites is 2. The molecule has 0 saturated carbocycles. The van der Waals surface area contributed by atoms with Crippen molar-refractivity contribution >= 4 is 28.5 Å². The Labute approximate surface area is 199 Å². The van der Waals surface area contributed by atoms with Crippen LogP contribution in [0.1, 0.15) is 33.7 Å². The van der Waals surface area contributed by atoms with Crippen LogP contribution in [-0.2, 0) is 13.0 Å². The van der Waals surface area contributed by atoms with Crippen molar-refractivity contribution in [2.45, 2.75) is 33.2 Å². The molecule has 4 aromatic rings. The molecule has 0 aliphatic heterocycles. The minimum atomic E-state index is -0.137. The van der Waals surface area contributed by atoms with E-state index < -0.39 is 0 Å². The lowest BCUT2D eigenvalue weighted by Gasteiger charge is -2.13. The van der Waals surface area contributed by atoms with Gasteiger partial charge in [0.1, 0.15) is 11.6 Å². The van der Waals surface area contributed by atoms with Crippen molar-refractivity contribution in [3.63, 3.8) is 0 Å². The van der Waals surface area contributed by atoms with Crippen molar-refractivity contribution in [1.82, 2.24) is 14.9 Å². The van der Waals surface area contributed by atoms with Gasteiger partial charge in [-0.2, -0.15) is 0 Å². The number of aryl methyl sites for hydroxylation is 2. The largest absolute Gasteiger partial charge is 0.493 e. The predicted octanol–water partition coefficient (Wildman–Crippen LogP) is 5.75. The first kappa shape index (κ1) is 22.9. The number of halogens is 1. The Kier molecular flexibility index (Phi) is 7.30. The monoisotopic (exact) mass is 461 g/mol. The van der Waals surface area contributed by atoms with Gasteiger partial charge in [-0.3, -0.25) is 4.79 Å². The zero-order valence-corrected chi connectivity index (χ0v) is 19.7. The number of rotatable bonds is 9. The Balaban J connectivity index is 1.39. The van der Waals surface area contributed by atoms with Crippen molar-refractivity contribution in [2.75, 3.05) is 13.2 Å². The molecule has 0 atom stereocenters. The lowest BCUT2D eigenvalue weighted by atomic mass is 10.1. The third kappa shape index (κ3) is 5.55. The van der Waals surface area contributed by atoms with Gasteiger partial charge in [0.05, 0.1) is 17.6 Å². The summed E-state index contributed by atoms with van der Waals surface area (Å²) < 4.78 is 8.27. The van der Waals surface area contributed by atoms with E-state index in [1.54, 1.807) is 24.3 Å². The van der Waals surface area contributed by atoms with E-state index in [1.165, 1.54) is 11.1 Å². The quantitative estimate of drug-likeness (QED) is 0.323. The number of carbonyl (C=O) groups is 1. The van der Waals surface area contributed by atoms with Crippen molar-refractivity contribution in [2.24, 2.45) is 0 Å². The molecule has 0 aliphatic rings. The normalized spacial score (nSPS) is 11.0. The van der Waals surface area contributed by atoms with E-state index in [0.29, 0.717) is 30.2 Å². The van der Waals surface area contributed by atoms with Crippen molar-refractivity contribution < 1.29 is 9.53 Å². The molecule has 0 aliphatic carbocycles. The van der Waals surface area contributed by atoms with E-state index in [9.17, 15) is 4.79 Å². The number of hydrogen-bond donors (Lipinski definition) is 1. The molecule has 1 amide bonds. The average molecular weight is 462 g/mol. The van der Waals surface area contributed by atoms with Gasteiger partial charge >= 0.3 is 0 Å². The number of imidazole rings is 1. The van der Waals surface area contributed by atoms with Gasteiger partial charge in [0.15, 0.2) is 0 Å². The van der Waals surface area contributed by atoms with Gasteiger partial charge in [-0.15, -0.1) is 0 Å². The van der Waals surface area contributed by atoms with Crippen LogP contribution in [0, 0.1) is 13.8 Å². The second kappa shape index (κ2) is 10.5.